The molecule has 23 heavy (non-hydrogen) atoms. The van der Waals surface area contributed by atoms with Crippen molar-refractivity contribution < 1.29 is 41.0 Å². The summed E-state index contributed by atoms with van der Waals surface area (Å²) in [6.07, 6.45) is -12.4. The molecule has 1 N–H and O–H groups in total. The average molecular weight is 348 g/mol. The summed E-state index contributed by atoms with van der Waals surface area (Å²) in [6, 6.07) is 0. The van der Waals surface area contributed by atoms with E-state index in [9.17, 15) is 36.2 Å². The highest BCUT2D eigenvalue weighted by atomic mass is 19.4. The summed E-state index contributed by atoms with van der Waals surface area (Å²) in [5, 5.41) is 9.63. The summed E-state index contributed by atoms with van der Waals surface area (Å²) in [4.78, 5) is 11.6. The zero-order chi connectivity index (χ0) is 18.3. The first-order valence-electron chi connectivity index (χ1n) is 6.91. The second-order valence-electron chi connectivity index (χ2n) is 6.04. The molecule has 1 aliphatic carbocycles. The molecule has 1 aliphatic rings. The van der Waals surface area contributed by atoms with E-state index in [1.54, 1.807) is 0 Å². The largest absolute Gasteiger partial charge is 0.456 e. The van der Waals surface area contributed by atoms with Crippen LogP contribution in [0.25, 0.3) is 0 Å². The lowest BCUT2D eigenvalue weighted by Gasteiger charge is -2.49. The topological polar surface area (TPSA) is 46.5 Å². The van der Waals surface area contributed by atoms with Gasteiger partial charge in [-0.15, -0.1) is 0 Å². The molecule has 1 rings (SSSR count). The van der Waals surface area contributed by atoms with Crippen LogP contribution in [0, 0.1) is 5.92 Å². The Kier molecular flexibility index (Phi) is 5.16. The molecule has 0 saturated heterocycles. The highest BCUT2D eigenvalue weighted by Crippen LogP contribution is 2.55. The standard InChI is InChI=1S/C14H18F6O3/c1-8(2)10(21)23-11(3)7-5-4-6-9(11)12(22,13(15,16)17)14(18,19)20/h9,22H,1,4-7H2,2-3H3. The summed E-state index contributed by atoms with van der Waals surface area (Å²) in [7, 11) is 0. The summed E-state index contributed by atoms with van der Waals surface area (Å²) in [5.41, 5.74) is -7.21. The van der Waals surface area contributed by atoms with Crippen LogP contribution in [-0.4, -0.2) is 34.6 Å². The minimum atomic E-state index is -5.95. The maximum atomic E-state index is 13.1. The molecule has 0 aliphatic heterocycles. The van der Waals surface area contributed by atoms with Gasteiger partial charge in [-0.25, -0.2) is 4.79 Å². The van der Waals surface area contributed by atoms with Crippen molar-refractivity contribution >= 4 is 5.97 Å². The molecule has 0 aromatic rings. The molecular weight excluding hydrogens is 330 g/mol. The van der Waals surface area contributed by atoms with E-state index in [2.05, 4.69) is 6.58 Å². The van der Waals surface area contributed by atoms with Gasteiger partial charge in [-0.05, 0) is 33.1 Å². The number of carbonyl (C=O) groups is 1. The fourth-order valence-electron chi connectivity index (χ4n) is 2.93. The van der Waals surface area contributed by atoms with Crippen molar-refractivity contribution in [2.45, 2.75) is 63.1 Å². The molecule has 0 bridgehead atoms. The molecule has 0 spiro atoms. The minimum Gasteiger partial charge on any atom is -0.456 e. The molecule has 0 aromatic carbocycles. The van der Waals surface area contributed by atoms with Crippen LogP contribution in [0.15, 0.2) is 12.2 Å². The Labute approximate surface area is 129 Å². The van der Waals surface area contributed by atoms with Crippen molar-refractivity contribution in [1.82, 2.24) is 0 Å². The van der Waals surface area contributed by atoms with Gasteiger partial charge in [0.1, 0.15) is 5.60 Å². The van der Waals surface area contributed by atoms with E-state index in [0.717, 1.165) is 6.92 Å². The Morgan fingerprint density at radius 3 is 2.04 bits per heavy atom. The molecular formula is C14H18F6O3. The van der Waals surface area contributed by atoms with Crippen LogP contribution in [-0.2, 0) is 9.53 Å². The molecule has 0 radical (unpaired) electrons. The lowest BCUT2D eigenvalue weighted by Crippen LogP contribution is -2.67. The molecule has 3 nitrogen and oxygen atoms in total. The Bertz CT molecular complexity index is 468. The number of esters is 1. The van der Waals surface area contributed by atoms with Crippen molar-refractivity contribution in [1.29, 1.82) is 0 Å². The second-order valence-corrected chi connectivity index (χ2v) is 6.04. The van der Waals surface area contributed by atoms with Gasteiger partial charge in [0, 0.05) is 11.5 Å². The summed E-state index contributed by atoms with van der Waals surface area (Å²) in [5.74, 6) is -3.45. The Morgan fingerprint density at radius 1 is 1.17 bits per heavy atom. The van der Waals surface area contributed by atoms with Gasteiger partial charge in [-0.2, -0.15) is 26.3 Å². The molecule has 0 heterocycles. The van der Waals surface area contributed by atoms with E-state index in [0.29, 0.717) is 0 Å². The van der Waals surface area contributed by atoms with Crippen molar-refractivity contribution in [2.75, 3.05) is 0 Å². The zero-order valence-corrected chi connectivity index (χ0v) is 12.6. The SMILES string of the molecule is C=C(C)C(=O)OC1(C)CCCCC1C(O)(C(F)(F)F)C(F)(F)F. The maximum absolute atomic E-state index is 13.1. The number of rotatable bonds is 3. The maximum Gasteiger partial charge on any atom is 0.426 e. The van der Waals surface area contributed by atoms with E-state index >= 15 is 0 Å². The Hall–Kier alpha value is -1.25. The molecule has 0 aromatic heterocycles. The Morgan fingerprint density at radius 2 is 1.65 bits per heavy atom. The van der Waals surface area contributed by atoms with Gasteiger partial charge >= 0.3 is 18.3 Å². The number of aliphatic hydroxyl groups is 1. The van der Waals surface area contributed by atoms with E-state index in [-0.39, 0.29) is 24.8 Å². The van der Waals surface area contributed by atoms with Gasteiger partial charge in [0.05, 0.1) is 0 Å². The first kappa shape index (κ1) is 19.8. The first-order chi connectivity index (χ1) is 10.2. The van der Waals surface area contributed by atoms with Crippen LogP contribution in [0.5, 0.6) is 0 Å². The van der Waals surface area contributed by atoms with Crippen LogP contribution in [0.2, 0.25) is 0 Å². The second kappa shape index (κ2) is 5.99. The predicted octanol–water partition coefficient (Wildman–Crippen LogP) is 3.91. The van der Waals surface area contributed by atoms with E-state index in [1.807, 2.05) is 0 Å². The van der Waals surface area contributed by atoms with Crippen LogP contribution < -0.4 is 0 Å². The van der Waals surface area contributed by atoms with Gasteiger partial charge in [0.25, 0.3) is 5.60 Å². The third-order valence-corrected chi connectivity index (χ3v) is 4.20. The molecule has 1 fully saturated rings. The third-order valence-electron chi connectivity index (χ3n) is 4.20. The average Bonchev–Trinajstić information content (AvgIpc) is 2.35. The van der Waals surface area contributed by atoms with Gasteiger partial charge in [-0.3, -0.25) is 0 Å². The Balaban J connectivity index is 3.37. The zero-order valence-electron chi connectivity index (χ0n) is 12.6. The number of alkyl halides is 6. The van der Waals surface area contributed by atoms with E-state index in [4.69, 9.17) is 4.74 Å². The van der Waals surface area contributed by atoms with Crippen molar-refractivity contribution in [3.63, 3.8) is 0 Å². The normalized spacial score (nSPS) is 26.7. The predicted molar refractivity (Wildman–Crippen MR) is 68.3 cm³/mol. The first-order valence-corrected chi connectivity index (χ1v) is 6.91. The number of ether oxygens (including phenoxy) is 1. The van der Waals surface area contributed by atoms with E-state index in [1.165, 1.54) is 6.92 Å². The van der Waals surface area contributed by atoms with Crippen LogP contribution >= 0.6 is 0 Å². The van der Waals surface area contributed by atoms with Crippen LogP contribution in [0.4, 0.5) is 26.3 Å². The van der Waals surface area contributed by atoms with Gasteiger partial charge in [0.2, 0.25) is 0 Å². The third kappa shape index (κ3) is 3.49. The van der Waals surface area contributed by atoms with Gasteiger partial charge in [-0.1, -0.05) is 13.0 Å². The molecule has 1 saturated carbocycles. The molecule has 9 heteroatoms. The van der Waals surface area contributed by atoms with Gasteiger partial charge in [0.15, 0.2) is 0 Å². The monoisotopic (exact) mass is 348 g/mol. The van der Waals surface area contributed by atoms with Crippen LogP contribution in [0.3, 0.4) is 0 Å². The van der Waals surface area contributed by atoms with E-state index < -0.39 is 41.9 Å². The fourth-order valence-corrected chi connectivity index (χ4v) is 2.93. The summed E-state index contributed by atoms with van der Waals surface area (Å²) < 4.78 is 83.5. The summed E-state index contributed by atoms with van der Waals surface area (Å²) >= 11 is 0. The van der Waals surface area contributed by atoms with Gasteiger partial charge < -0.3 is 9.84 Å². The van der Waals surface area contributed by atoms with Crippen molar-refractivity contribution in [2.24, 2.45) is 5.92 Å². The smallest absolute Gasteiger partial charge is 0.426 e. The quantitative estimate of drug-likeness (QED) is 0.478. The van der Waals surface area contributed by atoms with Crippen molar-refractivity contribution in [3.05, 3.63) is 12.2 Å². The number of hydrogen-bond acceptors (Lipinski definition) is 3. The molecule has 2 unspecified atom stereocenters. The highest BCUT2D eigenvalue weighted by molar-refractivity contribution is 5.87. The fraction of sp³-hybridized carbons (Fsp3) is 0.786. The number of hydrogen-bond donors (Lipinski definition) is 1. The molecule has 2 atom stereocenters. The number of halogens is 6. The summed E-state index contributed by atoms with van der Waals surface area (Å²) in [6.45, 7) is 5.47. The highest BCUT2D eigenvalue weighted by Gasteiger charge is 2.76. The van der Waals surface area contributed by atoms with Crippen LogP contribution in [0.1, 0.15) is 39.5 Å². The number of carbonyl (C=O) groups excluding carboxylic acids is 1. The molecule has 0 amide bonds. The minimum absolute atomic E-state index is 0.0549. The lowest BCUT2D eigenvalue weighted by atomic mass is 9.67. The lowest BCUT2D eigenvalue weighted by molar-refractivity contribution is -0.399. The van der Waals surface area contributed by atoms with Crippen molar-refractivity contribution in [3.8, 4) is 0 Å². The molecule has 134 valence electrons.